The Labute approximate surface area is 376 Å². The molecule has 0 heterocycles. The number of fused-ring (bicyclic) bond motifs is 6. The summed E-state index contributed by atoms with van der Waals surface area (Å²) in [4.78, 5) is 2.70. The van der Waals surface area contributed by atoms with Crippen LogP contribution < -0.4 is 4.90 Å². The Morgan fingerprint density at radius 3 is 1.49 bits per heavy atom. The topological polar surface area (TPSA) is 3.24 Å². The van der Waals surface area contributed by atoms with E-state index < -0.39 is 0 Å². The van der Waals surface area contributed by atoms with E-state index in [-0.39, 0.29) is 16.2 Å². The Balaban J connectivity index is 0.999. The molecule has 63 heavy (non-hydrogen) atoms. The summed E-state index contributed by atoms with van der Waals surface area (Å²) in [5.74, 6) is 5.50. The van der Waals surface area contributed by atoms with E-state index in [2.05, 4.69) is 160 Å². The first-order chi connectivity index (χ1) is 30.5. The summed E-state index contributed by atoms with van der Waals surface area (Å²) in [7, 11) is 0. The van der Waals surface area contributed by atoms with Crippen LogP contribution in [-0.2, 0) is 21.7 Å². The zero-order valence-electron chi connectivity index (χ0n) is 38.0. The molecule has 10 aliphatic carbocycles. The second-order valence-corrected chi connectivity index (χ2v) is 23.8. The summed E-state index contributed by atoms with van der Waals surface area (Å²) in [6.07, 6.45) is 17.2. The van der Waals surface area contributed by atoms with Gasteiger partial charge < -0.3 is 4.90 Å². The molecular formula is C62H63N. The van der Waals surface area contributed by atoms with Crippen molar-refractivity contribution in [3.63, 3.8) is 0 Å². The third kappa shape index (κ3) is 5.35. The normalized spacial score (nSPS) is 31.4. The maximum absolute atomic E-state index is 2.79. The second kappa shape index (κ2) is 12.9. The van der Waals surface area contributed by atoms with Gasteiger partial charge in [-0.3, -0.25) is 0 Å². The van der Waals surface area contributed by atoms with Crippen LogP contribution in [0.1, 0.15) is 138 Å². The van der Waals surface area contributed by atoms with Gasteiger partial charge in [0.1, 0.15) is 0 Å². The average molecular weight is 822 g/mol. The molecule has 6 aromatic carbocycles. The van der Waals surface area contributed by atoms with E-state index in [4.69, 9.17) is 0 Å². The fourth-order valence-electron chi connectivity index (χ4n) is 17.3. The molecule has 0 spiro atoms. The van der Waals surface area contributed by atoms with Crippen molar-refractivity contribution in [3.8, 4) is 33.4 Å². The Bertz CT molecular complexity index is 2780. The van der Waals surface area contributed by atoms with Crippen molar-refractivity contribution in [3.05, 3.63) is 161 Å². The summed E-state index contributed by atoms with van der Waals surface area (Å²) in [6, 6.07) is 50.6. The van der Waals surface area contributed by atoms with Crippen LogP contribution >= 0.6 is 0 Å². The standard InChI is InChI=1S/C62H63N/c1-59(2)53-13-9-8-12-50(53)51-21-19-49(31-55(51)59)63(48-17-14-45(15-18-48)44-10-6-5-7-11-44)57-30-47(62-35-41-25-42(36-62)27-43(26-41)37-62)29-56-58(57)52-20-16-46(28-54(52)60(56,3)4)61-32-38-22-39(33-61)24-40(23-38)34-61/h5-21,28-31,38-43H,22-27,32-37H2,1-4H3. The molecule has 0 radical (unpaired) electrons. The predicted octanol–water partition coefficient (Wildman–Crippen LogP) is 16.4. The Morgan fingerprint density at radius 2 is 0.857 bits per heavy atom. The summed E-state index contributed by atoms with van der Waals surface area (Å²) in [5.41, 5.74) is 21.9. The summed E-state index contributed by atoms with van der Waals surface area (Å²) >= 11 is 0. The van der Waals surface area contributed by atoms with Crippen LogP contribution in [0.5, 0.6) is 0 Å². The maximum atomic E-state index is 2.79. The van der Waals surface area contributed by atoms with E-state index in [1.165, 1.54) is 139 Å². The highest BCUT2D eigenvalue weighted by Crippen LogP contribution is 2.65. The van der Waals surface area contributed by atoms with Crippen molar-refractivity contribution in [1.82, 2.24) is 0 Å². The highest BCUT2D eigenvalue weighted by Gasteiger charge is 2.54. The lowest BCUT2D eigenvalue weighted by Crippen LogP contribution is -2.48. The zero-order valence-corrected chi connectivity index (χ0v) is 38.0. The molecule has 0 aromatic heterocycles. The van der Waals surface area contributed by atoms with Gasteiger partial charge in [-0.25, -0.2) is 0 Å². The van der Waals surface area contributed by atoms with Gasteiger partial charge in [-0.05, 0) is 215 Å². The largest absolute Gasteiger partial charge is 0.310 e. The lowest BCUT2D eigenvalue weighted by atomic mass is 9.48. The molecule has 8 saturated carbocycles. The number of benzene rings is 6. The van der Waals surface area contributed by atoms with E-state index in [9.17, 15) is 0 Å². The van der Waals surface area contributed by atoms with Gasteiger partial charge in [0.2, 0.25) is 0 Å². The van der Waals surface area contributed by atoms with E-state index >= 15 is 0 Å². The molecule has 0 N–H and O–H groups in total. The maximum Gasteiger partial charge on any atom is 0.0546 e. The second-order valence-electron chi connectivity index (χ2n) is 23.8. The molecule has 8 bridgehead atoms. The van der Waals surface area contributed by atoms with Crippen molar-refractivity contribution in [2.45, 2.75) is 126 Å². The number of rotatable bonds is 6. The van der Waals surface area contributed by atoms with Crippen LogP contribution in [0.25, 0.3) is 33.4 Å². The van der Waals surface area contributed by atoms with E-state index in [1.807, 2.05) is 0 Å². The molecule has 0 amide bonds. The van der Waals surface area contributed by atoms with Gasteiger partial charge >= 0.3 is 0 Å². The summed E-state index contributed by atoms with van der Waals surface area (Å²) in [6.45, 7) is 10.0. The molecule has 10 aliphatic rings. The lowest BCUT2D eigenvalue weighted by Gasteiger charge is -2.57. The van der Waals surface area contributed by atoms with Gasteiger partial charge in [-0.1, -0.05) is 125 Å². The van der Waals surface area contributed by atoms with Gasteiger partial charge in [0.05, 0.1) is 5.69 Å². The van der Waals surface area contributed by atoms with Crippen molar-refractivity contribution in [2.75, 3.05) is 4.90 Å². The van der Waals surface area contributed by atoms with Crippen LogP contribution in [-0.4, -0.2) is 0 Å². The van der Waals surface area contributed by atoms with Crippen LogP contribution in [0.4, 0.5) is 17.1 Å². The Kier molecular flexibility index (Phi) is 7.67. The molecule has 16 rings (SSSR count). The van der Waals surface area contributed by atoms with Crippen molar-refractivity contribution < 1.29 is 0 Å². The van der Waals surface area contributed by atoms with Crippen molar-refractivity contribution in [1.29, 1.82) is 0 Å². The van der Waals surface area contributed by atoms with Gasteiger partial charge in [0.25, 0.3) is 0 Å². The van der Waals surface area contributed by atoms with Crippen LogP contribution in [0.3, 0.4) is 0 Å². The number of nitrogens with zero attached hydrogens (tertiary/aromatic N) is 1. The van der Waals surface area contributed by atoms with Gasteiger partial charge in [0, 0.05) is 27.8 Å². The molecule has 1 nitrogen and oxygen atoms in total. The predicted molar refractivity (Wildman–Crippen MR) is 261 cm³/mol. The quantitative estimate of drug-likeness (QED) is 0.162. The number of hydrogen-bond acceptors (Lipinski definition) is 1. The van der Waals surface area contributed by atoms with Gasteiger partial charge in [0.15, 0.2) is 0 Å². The smallest absolute Gasteiger partial charge is 0.0546 e. The minimum Gasteiger partial charge on any atom is -0.310 e. The lowest BCUT2D eigenvalue weighted by molar-refractivity contribution is -0.00529. The SMILES string of the molecule is CC1(C)c2ccccc2-c2ccc(N(c3ccc(-c4ccccc4)cc3)c3cc(C45CC6CC(CC(C6)C4)C5)cc4c3-c3ccc(C56CC7CC(CC(C7)C5)C6)cc3C4(C)C)cc21. The molecule has 316 valence electrons. The Hall–Kier alpha value is -4.88. The molecule has 0 aliphatic heterocycles. The van der Waals surface area contributed by atoms with Crippen molar-refractivity contribution in [2.24, 2.45) is 35.5 Å². The van der Waals surface area contributed by atoms with Crippen LogP contribution in [0.15, 0.2) is 127 Å². The Morgan fingerprint density at radius 1 is 0.381 bits per heavy atom. The molecule has 0 saturated heterocycles. The first kappa shape index (κ1) is 37.5. The van der Waals surface area contributed by atoms with E-state index in [0.717, 1.165) is 35.5 Å². The molecule has 0 atom stereocenters. The van der Waals surface area contributed by atoms with Gasteiger partial charge in [-0.2, -0.15) is 0 Å². The van der Waals surface area contributed by atoms with E-state index in [0.29, 0.717) is 5.41 Å². The minimum atomic E-state index is -0.0968. The zero-order chi connectivity index (χ0) is 42.0. The highest BCUT2D eigenvalue weighted by atomic mass is 15.1. The number of anilines is 3. The molecule has 1 heteroatoms. The molecular weight excluding hydrogens is 759 g/mol. The molecule has 8 fully saturated rings. The van der Waals surface area contributed by atoms with Crippen LogP contribution in [0.2, 0.25) is 0 Å². The molecule has 0 unspecified atom stereocenters. The molecule has 6 aromatic rings. The van der Waals surface area contributed by atoms with E-state index in [1.54, 1.807) is 22.3 Å². The fraction of sp³-hybridized carbons (Fsp3) is 0.419. The summed E-state index contributed by atoms with van der Waals surface area (Å²) < 4.78 is 0. The van der Waals surface area contributed by atoms with Gasteiger partial charge in [-0.15, -0.1) is 0 Å². The number of hydrogen-bond donors (Lipinski definition) is 0. The minimum absolute atomic E-state index is 0.0873. The fourth-order valence-corrected chi connectivity index (χ4v) is 17.3. The third-order valence-corrected chi connectivity index (χ3v) is 19.4. The third-order valence-electron chi connectivity index (χ3n) is 19.4. The van der Waals surface area contributed by atoms with Crippen LogP contribution in [0, 0.1) is 35.5 Å². The average Bonchev–Trinajstić information content (AvgIpc) is 3.65. The van der Waals surface area contributed by atoms with Crippen molar-refractivity contribution >= 4 is 17.1 Å². The first-order valence-electron chi connectivity index (χ1n) is 25.1. The first-order valence-corrected chi connectivity index (χ1v) is 25.1. The summed E-state index contributed by atoms with van der Waals surface area (Å²) in [5, 5.41) is 0. The monoisotopic (exact) mass is 821 g/mol. The highest BCUT2D eigenvalue weighted by molar-refractivity contribution is 5.97.